The van der Waals surface area contributed by atoms with Crippen LogP contribution in [0.3, 0.4) is 0 Å². The van der Waals surface area contributed by atoms with Crippen molar-refractivity contribution in [2.75, 3.05) is 42.5 Å². The topological polar surface area (TPSA) is 39.7 Å². The van der Waals surface area contributed by atoms with Gasteiger partial charge in [0.25, 0.3) is 0 Å². The molecule has 1 aromatic carbocycles. The molecule has 5 rings (SSSR count). The highest BCUT2D eigenvalue weighted by Crippen LogP contribution is 2.43. The van der Waals surface area contributed by atoms with Gasteiger partial charge in [-0.2, -0.15) is 0 Å². The zero-order valence-corrected chi connectivity index (χ0v) is 14.9. The van der Waals surface area contributed by atoms with Gasteiger partial charge in [0.15, 0.2) is 11.6 Å². The third-order valence-electron chi connectivity index (χ3n) is 5.58. The third kappa shape index (κ3) is 2.35. The molecule has 26 heavy (non-hydrogen) atoms. The van der Waals surface area contributed by atoms with Crippen molar-refractivity contribution in [3.63, 3.8) is 0 Å². The fourth-order valence-corrected chi connectivity index (χ4v) is 4.56. The van der Waals surface area contributed by atoms with Gasteiger partial charge in [-0.05, 0) is 42.3 Å². The van der Waals surface area contributed by atoms with E-state index in [-0.39, 0.29) is 17.3 Å². The number of aromatic nitrogens is 1. The molecule has 2 saturated heterocycles. The summed E-state index contributed by atoms with van der Waals surface area (Å²) in [5.41, 5.74) is 2.18. The van der Waals surface area contributed by atoms with Gasteiger partial charge in [-0.1, -0.05) is 11.6 Å². The van der Waals surface area contributed by atoms with Crippen LogP contribution in [0.5, 0.6) is 0 Å². The standard InChI is InChI=1S/C19H18ClFN4O/c20-14-3-4-16-13(8-14)5-7-25(16)18(26)24-11-19(12-24)9-23(10-19)17-15(21)2-1-6-22-17/h1-4,6,8H,5,7,9-12H2. The molecule has 0 atom stereocenters. The Kier molecular flexibility index (Phi) is 3.41. The highest BCUT2D eigenvalue weighted by atomic mass is 35.5. The zero-order chi connectivity index (χ0) is 17.9. The highest BCUT2D eigenvalue weighted by molar-refractivity contribution is 6.30. The van der Waals surface area contributed by atoms with Crippen molar-refractivity contribution in [3.8, 4) is 0 Å². The number of rotatable bonds is 1. The lowest BCUT2D eigenvalue weighted by Gasteiger charge is -2.60. The summed E-state index contributed by atoms with van der Waals surface area (Å²) < 4.78 is 13.8. The molecule has 3 aliphatic heterocycles. The van der Waals surface area contributed by atoms with Gasteiger partial charge < -0.3 is 9.80 Å². The summed E-state index contributed by atoms with van der Waals surface area (Å²) in [6.45, 7) is 3.63. The van der Waals surface area contributed by atoms with E-state index in [1.165, 1.54) is 6.07 Å². The lowest BCUT2D eigenvalue weighted by Crippen LogP contribution is -2.74. The number of nitrogens with zero attached hydrogens (tertiary/aromatic N) is 4. The summed E-state index contributed by atoms with van der Waals surface area (Å²) in [4.78, 5) is 22.6. The molecule has 0 saturated carbocycles. The Bertz CT molecular complexity index is 891. The van der Waals surface area contributed by atoms with Crippen LogP contribution >= 0.6 is 11.6 Å². The predicted octanol–water partition coefficient (Wildman–Crippen LogP) is 3.18. The molecule has 1 spiro atoms. The van der Waals surface area contributed by atoms with Gasteiger partial charge in [-0.25, -0.2) is 14.2 Å². The smallest absolute Gasteiger partial charge is 0.324 e. The van der Waals surface area contributed by atoms with Crippen LogP contribution < -0.4 is 9.80 Å². The predicted molar refractivity (Wildman–Crippen MR) is 98.3 cm³/mol. The molecule has 7 heteroatoms. The Hall–Kier alpha value is -2.34. The normalized spacial score (nSPS) is 20.0. The molecule has 4 heterocycles. The van der Waals surface area contributed by atoms with Gasteiger partial charge in [-0.3, -0.25) is 4.90 Å². The number of benzene rings is 1. The molecule has 0 bridgehead atoms. The Morgan fingerprint density at radius 2 is 2.00 bits per heavy atom. The number of carbonyl (C=O) groups is 1. The third-order valence-corrected chi connectivity index (χ3v) is 5.82. The van der Waals surface area contributed by atoms with Gasteiger partial charge in [0, 0.05) is 55.0 Å². The van der Waals surface area contributed by atoms with E-state index in [1.807, 2.05) is 32.9 Å². The van der Waals surface area contributed by atoms with Gasteiger partial charge in [0.1, 0.15) is 0 Å². The first-order valence-electron chi connectivity index (χ1n) is 8.75. The summed E-state index contributed by atoms with van der Waals surface area (Å²) >= 11 is 6.04. The number of hydrogen-bond acceptors (Lipinski definition) is 3. The molecule has 2 fully saturated rings. The number of anilines is 2. The SMILES string of the molecule is O=C(N1CC2(C1)CN(c1ncccc1F)C2)N1CCc2cc(Cl)ccc21. The monoisotopic (exact) mass is 372 g/mol. The van der Waals surface area contributed by atoms with Crippen LogP contribution in [0, 0.1) is 11.2 Å². The number of pyridine rings is 1. The second-order valence-electron chi connectivity index (χ2n) is 7.48. The Morgan fingerprint density at radius 3 is 2.77 bits per heavy atom. The Labute approximate surface area is 156 Å². The van der Waals surface area contributed by atoms with Crippen LogP contribution in [-0.4, -0.2) is 48.6 Å². The molecule has 0 unspecified atom stereocenters. The number of halogens is 2. The van der Waals surface area contributed by atoms with E-state index < -0.39 is 0 Å². The maximum atomic E-state index is 13.8. The van der Waals surface area contributed by atoms with Crippen molar-refractivity contribution in [1.82, 2.24) is 9.88 Å². The highest BCUT2D eigenvalue weighted by Gasteiger charge is 2.54. The maximum absolute atomic E-state index is 13.8. The molecule has 2 amide bonds. The summed E-state index contributed by atoms with van der Waals surface area (Å²) in [6, 6.07) is 8.77. The quantitative estimate of drug-likeness (QED) is 0.772. The van der Waals surface area contributed by atoms with E-state index >= 15 is 0 Å². The van der Waals surface area contributed by atoms with Crippen LogP contribution in [0.1, 0.15) is 5.56 Å². The minimum atomic E-state index is -0.290. The largest absolute Gasteiger partial charge is 0.353 e. The van der Waals surface area contributed by atoms with Crippen molar-refractivity contribution in [2.45, 2.75) is 6.42 Å². The molecular formula is C19H18ClFN4O. The molecule has 3 aliphatic rings. The van der Waals surface area contributed by atoms with Crippen LogP contribution in [0.25, 0.3) is 0 Å². The minimum absolute atomic E-state index is 0.0548. The summed E-state index contributed by atoms with van der Waals surface area (Å²) in [5, 5.41) is 0.706. The van der Waals surface area contributed by atoms with E-state index in [4.69, 9.17) is 11.6 Å². The van der Waals surface area contributed by atoms with Crippen molar-refractivity contribution in [3.05, 3.63) is 52.9 Å². The van der Waals surface area contributed by atoms with E-state index in [0.29, 0.717) is 17.4 Å². The number of likely N-dealkylation sites (tertiary alicyclic amines) is 1. The van der Waals surface area contributed by atoms with Crippen LogP contribution in [0.15, 0.2) is 36.5 Å². The van der Waals surface area contributed by atoms with Gasteiger partial charge in [0.05, 0.1) is 0 Å². The zero-order valence-electron chi connectivity index (χ0n) is 14.2. The average Bonchev–Trinajstić information content (AvgIpc) is 2.96. The summed E-state index contributed by atoms with van der Waals surface area (Å²) in [7, 11) is 0. The fourth-order valence-electron chi connectivity index (χ4n) is 4.36. The first-order chi connectivity index (χ1) is 12.5. The molecular weight excluding hydrogens is 355 g/mol. The number of fused-ring (bicyclic) bond motifs is 1. The molecule has 0 radical (unpaired) electrons. The second kappa shape index (κ2) is 5.58. The average molecular weight is 373 g/mol. The Morgan fingerprint density at radius 1 is 1.19 bits per heavy atom. The maximum Gasteiger partial charge on any atom is 0.324 e. The van der Waals surface area contributed by atoms with Crippen molar-refractivity contribution in [2.24, 2.45) is 5.41 Å². The molecule has 0 N–H and O–H groups in total. The number of amides is 2. The molecule has 1 aromatic heterocycles. The number of urea groups is 1. The van der Waals surface area contributed by atoms with Crippen molar-refractivity contribution >= 4 is 29.1 Å². The van der Waals surface area contributed by atoms with Crippen molar-refractivity contribution in [1.29, 1.82) is 0 Å². The van der Waals surface area contributed by atoms with Crippen LogP contribution in [-0.2, 0) is 6.42 Å². The van der Waals surface area contributed by atoms with E-state index in [0.717, 1.165) is 43.9 Å². The van der Waals surface area contributed by atoms with Gasteiger partial charge >= 0.3 is 6.03 Å². The fraction of sp³-hybridized carbons (Fsp3) is 0.368. The number of hydrogen-bond donors (Lipinski definition) is 0. The minimum Gasteiger partial charge on any atom is -0.353 e. The number of carbonyl (C=O) groups excluding carboxylic acids is 1. The van der Waals surface area contributed by atoms with Gasteiger partial charge in [-0.15, -0.1) is 0 Å². The van der Waals surface area contributed by atoms with E-state index in [2.05, 4.69) is 4.98 Å². The second-order valence-corrected chi connectivity index (χ2v) is 7.91. The molecule has 0 aliphatic carbocycles. The first kappa shape index (κ1) is 15.9. The van der Waals surface area contributed by atoms with E-state index in [9.17, 15) is 9.18 Å². The Balaban J connectivity index is 1.22. The molecule has 134 valence electrons. The van der Waals surface area contributed by atoms with Crippen LogP contribution in [0.4, 0.5) is 20.7 Å². The summed E-state index contributed by atoms with van der Waals surface area (Å²) in [5.74, 6) is 0.121. The first-order valence-corrected chi connectivity index (χ1v) is 9.13. The summed E-state index contributed by atoms with van der Waals surface area (Å²) in [6.07, 6.45) is 2.45. The molecule has 2 aromatic rings. The van der Waals surface area contributed by atoms with Crippen LogP contribution in [0.2, 0.25) is 5.02 Å². The van der Waals surface area contributed by atoms with Gasteiger partial charge in [0.2, 0.25) is 0 Å². The lowest BCUT2D eigenvalue weighted by atomic mass is 9.73. The van der Waals surface area contributed by atoms with Crippen molar-refractivity contribution < 1.29 is 9.18 Å². The van der Waals surface area contributed by atoms with E-state index in [1.54, 1.807) is 12.3 Å². The lowest BCUT2D eigenvalue weighted by molar-refractivity contribution is 0.00945. The molecule has 5 nitrogen and oxygen atoms in total.